The standard InChI is InChI=1S/C22H24FN3O3/c23-16-5-4-8-18(13-16)24-20(27)19-14-26(15-22(19)9-11-29-12-10-22)21(28)25-17-6-2-1-3-7-17/h1-8,13,19H,9-12,14-15H2,(H,24,27)(H,25,28)/t19-/m1/s1. The lowest BCUT2D eigenvalue weighted by atomic mass is 9.71. The number of amides is 3. The van der Waals surface area contributed by atoms with Gasteiger partial charge in [-0.15, -0.1) is 0 Å². The summed E-state index contributed by atoms with van der Waals surface area (Å²) in [6.07, 6.45) is 1.42. The van der Waals surface area contributed by atoms with E-state index in [0.717, 1.165) is 0 Å². The lowest BCUT2D eigenvalue weighted by Gasteiger charge is -2.37. The molecule has 2 N–H and O–H groups in total. The molecule has 4 rings (SSSR count). The molecule has 2 fully saturated rings. The van der Waals surface area contributed by atoms with Gasteiger partial charge in [-0.3, -0.25) is 4.79 Å². The molecule has 1 spiro atoms. The molecule has 0 bridgehead atoms. The van der Waals surface area contributed by atoms with Crippen LogP contribution in [-0.2, 0) is 9.53 Å². The Morgan fingerprint density at radius 1 is 1.00 bits per heavy atom. The SMILES string of the molecule is O=C(Nc1cccc(F)c1)[C@H]1CN(C(=O)Nc2ccccc2)CC12CCOCC2. The Kier molecular flexibility index (Phi) is 5.49. The molecule has 2 saturated heterocycles. The third-order valence-electron chi connectivity index (χ3n) is 5.86. The molecule has 0 aliphatic carbocycles. The molecular formula is C22H24FN3O3. The number of benzene rings is 2. The normalized spacial score (nSPS) is 20.4. The molecule has 7 heteroatoms. The van der Waals surface area contributed by atoms with Crippen molar-refractivity contribution in [1.29, 1.82) is 0 Å². The van der Waals surface area contributed by atoms with Gasteiger partial charge in [0.1, 0.15) is 5.82 Å². The van der Waals surface area contributed by atoms with Crippen LogP contribution in [0.25, 0.3) is 0 Å². The molecule has 2 aromatic carbocycles. The Morgan fingerprint density at radius 3 is 2.45 bits per heavy atom. The third kappa shape index (κ3) is 4.24. The molecule has 2 heterocycles. The van der Waals surface area contributed by atoms with Gasteiger partial charge in [0.25, 0.3) is 0 Å². The highest BCUT2D eigenvalue weighted by Gasteiger charge is 2.51. The minimum atomic E-state index is -0.404. The average molecular weight is 397 g/mol. The molecule has 0 saturated carbocycles. The molecule has 2 aliphatic heterocycles. The summed E-state index contributed by atoms with van der Waals surface area (Å²) in [6.45, 7) is 1.95. The second-order valence-corrected chi connectivity index (χ2v) is 7.70. The lowest BCUT2D eigenvalue weighted by Crippen LogP contribution is -2.42. The van der Waals surface area contributed by atoms with Crippen molar-refractivity contribution in [3.05, 3.63) is 60.4 Å². The van der Waals surface area contributed by atoms with Gasteiger partial charge >= 0.3 is 6.03 Å². The number of likely N-dealkylation sites (tertiary alicyclic amines) is 1. The Morgan fingerprint density at radius 2 is 1.72 bits per heavy atom. The minimum absolute atomic E-state index is 0.187. The van der Waals surface area contributed by atoms with E-state index < -0.39 is 5.82 Å². The van der Waals surface area contributed by atoms with Crippen molar-refractivity contribution < 1.29 is 18.7 Å². The van der Waals surface area contributed by atoms with Crippen LogP contribution in [0.4, 0.5) is 20.6 Å². The first kappa shape index (κ1) is 19.4. The van der Waals surface area contributed by atoms with Gasteiger partial charge in [0.2, 0.25) is 5.91 Å². The zero-order valence-electron chi connectivity index (χ0n) is 16.1. The van der Waals surface area contributed by atoms with E-state index >= 15 is 0 Å². The second kappa shape index (κ2) is 8.21. The molecule has 6 nitrogen and oxygen atoms in total. The van der Waals surface area contributed by atoms with Crippen LogP contribution >= 0.6 is 0 Å². The summed E-state index contributed by atoms with van der Waals surface area (Å²) < 4.78 is 19.0. The summed E-state index contributed by atoms with van der Waals surface area (Å²) in [5, 5.41) is 5.72. The molecule has 0 radical (unpaired) electrons. The first-order valence-corrected chi connectivity index (χ1v) is 9.81. The number of hydrogen-bond donors (Lipinski definition) is 2. The Bertz CT molecular complexity index is 884. The Hall–Kier alpha value is -2.93. The monoisotopic (exact) mass is 397 g/mol. The number of anilines is 2. The van der Waals surface area contributed by atoms with Crippen LogP contribution in [0, 0.1) is 17.2 Å². The topological polar surface area (TPSA) is 70.7 Å². The fraction of sp³-hybridized carbons (Fsp3) is 0.364. The summed E-state index contributed by atoms with van der Waals surface area (Å²) in [7, 11) is 0. The van der Waals surface area contributed by atoms with E-state index in [1.807, 2.05) is 30.3 Å². The van der Waals surface area contributed by atoms with E-state index in [-0.39, 0.29) is 23.3 Å². The predicted molar refractivity (Wildman–Crippen MR) is 108 cm³/mol. The van der Waals surface area contributed by atoms with Crippen LogP contribution < -0.4 is 10.6 Å². The summed E-state index contributed by atoms with van der Waals surface area (Å²) in [5.74, 6) is -0.970. The number of nitrogens with zero attached hydrogens (tertiary/aromatic N) is 1. The first-order valence-electron chi connectivity index (χ1n) is 9.81. The Balaban J connectivity index is 1.51. The summed E-state index contributed by atoms with van der Waals surface area (Å²) in [4.78, 5) is 27.6. The van der Waals surface area contributed by atoms with E-state index in [1.165, 1.54) is 12.1 Å². The van der Waals surface area contributed by atoms with Gasteiger partial charge in [-0.05, 0) is 43.2 Å². The van der Waals surface area contributed by atoms with E-state index in [2.05, 4.69) is 10.6 Å². The number of ether oxygens (including phenoxy) is 1. The van der Waals surface area contributed by atoms with Crippen molar-refractivity contribution in [2.24, 2.45) is 11.3 Å². The Labute approximate surface area is 169 Å². The number of nitrogens with one attached hydrogen (secondary N) is 2. The molecule has 29 heavy (non-hydrogen) atoms. The second-order valence-electron chi connectivity index (χ2n) is 7.70. The zero-order chi connectivity index (χ0) is 20.3. The molecule has 2 aliphatic rings. The van der Waals surface area contributed by atoms with Gasteiger partial charge in [-0.2, -0.15) is 0 Å². The van der Waals surface area contributed by atoms with E-state index in [4.69, 9.17) is 4.74 Å². The van der Waals surface area contributed by atoms with Crippen LogP contribution in [0.1, 0.15) is 12.8 Å². The lowest BCUT2D eigenvalue weighted by molar-refractivity contribution is -0.124. The fourth-order valence-electron chi connectivity index (χ4n) is 4.29. The van der Waals surface area contributed by atoms with E-state index in [9.17, 15) is 14.0 Å². The number of carbonyl (C=O) groups excluding carboxylic acids is 2. The number of para-hydroxylation sites is 1. The predicted octanol–water partition coefficient (Wildman–Crippen LogP) is 3.72. The molecule has 152 valence electrons. The van der Waals surface area contributed by atoms with Gasteiger partial charge in [-0.1, -0.05) is 24.3 Å². The smallest absolute Gasteiger partial charge is 0.321 e. The number of hydrogen-bond acceptors (Lipinski definition) is 3. The van der Waals surface area contributed by atoms with Crippen LogP contribution in [0.3, 0.4) is 0 Å². The van der Waals surface area contributed by atoms with Gasteiger partial charge in [-0.25, -0.2) is 9.18 Å². The van der Waals surface area contributed by atoms with Gasteiger partial charge in [0.05, 0.1) is 5.92 Å². The number of rotatable bonds is 3. The quantitative estimate of drug-likeness (QED) is 0.829. The number of urea groups is 1. The maximum Gasteiger partial charge on any atom is 0.321 e. The summed E-state index contributed by atoms with van der Waals surface area (Å²) in [6, 6.07) is 14.9. The minimum Gasteiger partial charge on any atom is -0.381 e. The maximum absolute atomic E-state index is 13.5. The molecule has 0 aromatic heterocycles. The third-order valence-corrected chi connectivity index (χ3v) is 5.86. The number of carbonyl (C=O) groups is 2. The summed E-state index contributed by atoms with van der Waals surface area (Å²) in [5.41, 5.74) is 0.805. The molecule has 0 unspecified atom stereocenters. The molecule has 1 atom stereocenters. The van der Waals surface area contributed by atoms with Crippen molar-refractivity contribution in [3.8, 4) is 0 Å². The van der Waals surface area contributed by atoms with Crippen LogP contribution in [-0.4, -0.2) is 43.1 Å². The highest BCUT2D eigenvalue weighted by atomic mass is 19.1. The zero-order valence-corrected chi connectivity index (χ0v) is 16.1. The van der Waals surface area contributed by atoms with Crippen molar-refractivity contribution in [2.75, 3.05) is 36.9 Å². The molecule has 2 aromatic rings. The van der Waals surface area contributed by atoms with Crippen LogP contribution in [0.5, 0.6) is 0 Å². The van der Waals surface area contributed by atoms with Crippen molar-refractivity contribution >= 4 is 23.3 Å². The number of halogens is 1. The van der Waals surface area contributed by atoms with E-state index in [0.29, 0.717) is 50.5 Å². The van der Waals surface area contributed by atoms with Gasteiger partial charge in [0, 0.05) is 43.1 Å². The van der Waals surface area contributed by atoms with Crippen LogP contribution in [0.15, 0.2) is 54.6 Å². The highest BCUT2D eigenvalue weighted by molar-refractivity contribution is 5.95. The fourth-order valence-corrected chi connectivity index (χ4v) is 4.29. The van der Waals surface area contributed by atoms with Crippen molar-refractivity contribution in [2.45, 2.75) is 12.8 Å². The first-order chi connectivity index (χ1) is 14.1. The summed E-state index contributed by atoms with van der Waals surface area (Å²) >= 11 is 0. The molecular weight excluding hydrogens is 373 g/mol. The van der Waals surface area contributed by atoms with E-state index in [1.54, 1.807) is 17.0 Å². The highest BCUT2D eigenvalue weighted by Crippen LogP contribution is 2.45. The average Bonchev–Trinajstić information content (AvgIpc) is 3.08. The maximum atomic E-state index is 13.5. The van der Waals surface area contributed by atoms with Gasteiger partial charge in [0.15, 0.2) is 0 Å². The van der Waals surface area contributed by atoms with Crippen molar-refractivity contribution in [3.63, 3.8) is 0 Å². The van der Waals surface area contributed by atoms with Crippen molar-refractivity contribution in [1.82, 2.24) is 4.90 Å². The molecule has 3 amide bonds. The van der Waals surface area contributed by atoms with Crippen LogP contribution in [0.2, 0.25) is 0 Å². The van der Waals surface area contributed by atoms with Gasteiger partial charge < -0.3 is 20.3 Å². The largest absolute Gasteiger partial charge is 0.381 e.